The van der Waals surface area contributed by atoms with Crippen molar-refractivity contribution in [3.8, 4) is 0 Å². The Labute approximate surface area is 66.8 Å². The molecule has 1 radical (unpaired) electrons. The highest BCUT2D eigenvalue weighted by Gasteiger charge is 2.38. The molecular formula is C9H17Si. The zero-order chi connectivity index (χ0) is 6.97. The van der Waals surface area contributed by atoms with Crippen molar-refractivity contribution in [1.82, 2.24) is 0 Å². The highest BCUT2D eigenvalue weighted by atomic mass is 28.1. The molecule has 2 rings (SSSR count). The van der Waals surface area contributed by atoms with E-state index in [2.05, 4.69) is 10.2 Å². The van der Waals surface area contributed by atoms with Crippen molar-refractivity contribution in [3.63, 3.8) is 0 Å². The SMILES string of the molecule is [SiH2]CCC1CC2CCC1C2. The monoisotopic (exact) mass is 153 g/mol. The summed E-state index contributed by atoms with van der Waals surface area (Å²) in [7, 11) is 2.15. The Hall–Kier alpha value is 0.217. The first-order valence-corrected chi connectivity index (χ1v) is 5.69. The van der Waals surface area contributed by atoms with Crippen LogP contribution in [-0.4, -0.2) is 10.2 Å². The van der Waals surface area contributed by atoms with Crippen molar-refractivity contribution < 1.29 is 0 Å². The third kappa shape index (κ3) is 1.05. The smallest absolute Gasteiger partial charge is 0.00798 e. The van der Waals surface area contributed by atoms with Crippen LogP contribution in [0.3, 0.4) is 0 Å². The van der Waals surface area contributed by atoms with Gasteiger partial charge in [0.1, 0.15) is 0 Å². The van der Waals surface area contributed by atoms with E-state index >= 15 is 0 Å². The third-order valence-electron chi connectivity index (χ3n) is 3.46. The van der Waals surface area contributed by atoms with Crippen LogP contribution >= 0.6 is 0 Å². The molecule has 2 fully saturated rings. The fourth-order valence-electron chi connectivity index (χ4n) is 2.99. The normalized spacial score (nSPS) is 44.7. The van der Waals surface area contributed by atoms with Crippen LogP contribution in [0.15, 0.2) is 0 Å². The van der Waals surface area contributed by atoms with E-state index in [0.717, 1.165) is 17.8 Å². The summed E-state index contributed by atoms with van der Waals surface area (Å²) in [5, 5.41) is 0. The molecule has 0 heterocycles. The topological polar surface area (TPSA) is 0 Å². The number of rotatable bonds is 2. The molecule has 0 nitrogen and oxygen atoms in total. The molecule has 1 heteroatoms. The minimum atomic E-state index is 1.15. The Balaban J connectivity index is 1.90. The van der Waals surface area contributed by atoms with Crippen LogP contribution in [0.25, 0.3) is 0 Å². The molecule has 2 saturated carbocycles. The van der Waals surface area contributed by atoms with Crippen molar-refractivity contribution >= 4 is 10.2 Å². The van der Waals surface area contributed by atoms with Gasteiger partial charge in [-0.3, -0.25) is 0 Å². The maximum absolute atomic E-state index is 2.15. The maximum Gasteiger partial charge on any atom is 0.00798 e. The lowest BCUT2D eigenvalue weighted by Crippen LogP contribution is -2.09. The number of hydrogen-bond donors (Lipinski definition) is 0. The molecular weight excluding hydrogens is 136 g/mol. The van der Waals surface area contributed by atoms with Crippen LogP contribution in [0, 0.1) is 17.8 Å². The molecule has 0 spiro atoms. The van der Waals surface area contributed by atoms with Gasteiger partial charge in [0.2, 0.25) is 0 Å². The standard InChI is InChI=1S/C9H17Si/c10-4-3-9-6-7-1-2-8(9)5-7/h7-9H,1-6,10H2. The van der Waals surface area contributed by atoms with Crippen LogP contribution in [0.2, 0.25) is 6.04 Å². The van der Waals surface area contributed by atoms with Gasteiger partial charge in [0, 0.05) is 10.2 Å². The molecule has 0 aromatic heterocycles. The summed E-state index contributed by atoms with van der Waals surface area (Å²) in [5.74, 6) is 3.47. The fraction of sp³-hybridized carbons (Fsp3) is 1.00. The Bertz CT molecular complexity index is 122. The summed E-state index contributed by atoms with van der Waals surface area (Å²) >= 11 is 0. The second-order valence-electron chi connectivity index (χ2n) is 4.08. The molecule has 10 heavy (non-hydrogen) atoms. The number of fused-ring (bicyclic) bond motifs is 2. The van der Waals surface area contributed by atoms with Gasteiger partial charge in [-0.15, -0.1) is 0 Å². The van der Waals surface area contributed by atoms with E-state index < -0.39 is 0 Å². The molecule has 57 valence electrons. The van der Waals surface area contributed by atoms with Crippen LogP contribution < -0.4 is 0 Å². The van der Waals surface area contributed by atoms with Gasteiger partial charge in [-0.1, -0.05) is 18.9 Å². The summed E-state index contributed by atoms with van der Waals surface area (Å²) in [6, 6.07) is 1.44. The summed E-state index contributed by atoms with van der Waals surface area (Å²) in [5.41, 5.74) is 0. The van der Waals surface area contributed by atoms with Gasteiger partial charge < -0.3 is 0 Å². The first-order chi connectivity index (χ1) is 4.90. The Morgan fingerprint density at radius 3 is 2.60 bits per heavy atom. The van der Waals surface area contributed by atoms with Gasteiger partial charge >= 0.3 is 0 Å². The second-order valence-corrected chi connectivity index (χ2v) is 4.78. The Morgan fingerprint density at radius 2 is 2.10 bits per heavy atom. The lowest BCUT2D eigenvalue weighted by atomic mass is 9.87. The highest BCUT2D eigenvalue weighted by Crippen LogP contribution is 2.49. The van der Waals surface area contributed by atoms with Gasteiger partial charge in [0.15, 0.2) is 0 Å². The lowest BCUT2D eigenvalue weighted by Gasteiger charge is -2.20. The van der Waals surface area contributed by atoms with Crippen LogP contribution in [-0.2, 0) is 0 Å². The average Bonchev–Trinajstić information content (AvgIpc) is 2.48. The largest absolute Gasteiger partial charge is 0.0649 e. The van der Waals surface area contributed by atoms with E-state index in [1.165, 1.54) is 12.5 Å². The lowest BCUT2D eigenvalue weighted by molar-refractivity contribution is 0.325. The molecule has 3 unspecified atom stereocenters. The van der Waals surface area contributed by atoms with Crippen LogP contribution in [0.4, 0.5) is 0 Å². The minimum absolute atomic E-state index is 1.15. The van der Waals surface area contributed by atoms with E-state index in [9.17, 15) is 0 Å². The van der Waals surface area contributed by atoms with Gasteiger partial charge in [-0.05, 0) is 37.0 Å². The quantitative estimate of drug-likeness (QED) is 0.531. The molecule has 0 N–H and O–H groups in total. The van der Waals surface area contributed by atoms with E-state index in [1.54, 1.807) is 25.7 Å². The molecule has 3 atom stereocenters. The van der Waals surface area contributed by atoms with E-state index in [1.807, 2.05) is 0 Å². The Kier molecular flexibility index (Phi) is 1.85. The first-order valence-electron chi connectivity index (χ1n) is 4.69. The highest BCUT2D eigenvalue weighted by molar-refractivity contribution is 6.08. The van der Waals surface area contributed by atoms with E-state index in [4.69, 9.17) is 0 Å². The predicted molar refractivity (Wildman–Crippen MR) is 46.9 cm³/mol. The molecule has 0 aliphatic heterocycles. The molecule has 0 amide bonds. The fourth-order valence-corrected chi connectivity index (χ4v) is 3.52. The second kappa shape index (κ2) is 2.69. The van der Waals surface area contributed by atoms with Gasteiger partial charge in [0.25, 0.3) is 0 Å². The molecule has 0 aromatic carbocycles. The molecule has 0 saturated heterocycles. The van der Waals surface area contributed by atoms with Gasteiger partial charge in [-0.25, -0.2) is 0 Å². The van der Waals surface area contributed by atoms with Gasteiger partial charge in [-0.2, -0.15) is 0 Å². The van der Waals surface area contributed by atoms with Crippen molar-refractivity contribution in [2.24, 2.45) is 17.8 Å². The zero-order valence-corrected chi connectivity index (χ0v) is 8.10. The average molecular weight is 153 g/mol. The molecule has 2 aliphatic carbocycles. The maximum atomic E-state index is 2.15. The summed E-state index contributed by atoms with van der Waals surface area (Å²) in [4.78, 5) is 0. The Morgan fingerprint density at radius 1 is 1.20 bits per heavy atom. The van der Waals surface area contributed by atoms with Crippen LogP contribution in [0.1, 0.15) is 32.1 Å². The van der Waals surface area contributed by atoms with Crippen molar-refractivity contribution in [1.29, 1.82) is 0 Å². The van der Waals surface area contributed by atoms with Crippen LogP contribution in [0.5, 0.6) is 0 Å². The number of hydrogen-bond acceptors (Lipinski definition) is 0. The van der Waals surface area contributed by atoms with Gasteiger partial charge in [0.05, 0.1) is 0 Å². The van der Waals surface area contributed by atoms with E-state index in [0.29, 0.717) is 0 Å². The predicted octanol–water partition coefficient (Wildman–Crippen LogP) is 1.86. The molecule has 0 aromatic rings. The van der Waals surface area contributed by atoms with Crippen molar-refractivity contribution in [2.45, 2.75) is 38.1 Å². The summed E-state index contributed by atoms with van der Waals surface area (Å²) < 4.78 is 0. The first kappa shape index (κ1) is 6.90. The zero-order valence-electron chi connectivity index (χ0n) is 6.68. The minimum Gasteiger partial charge on any atom is -0.0649 e. The van der Waals surface area contributed by atoms with E-state index in [-0.39, 0.29) is 0 Å². The van der Waals surface area contributed by atoms with Crippen molar-refractivity contribution in [2.75, 3.05) is 0 Å². The molecule has 2 bridgehead atoms. The van der Waals surface area contributed by atoms with Crippen molar-refractivity contribution in [3.05, 3.63) is 0 Å². The summed E-state index contributed by atoms with van der Waals surface area (Å²) in [6.45, 7) is 0. The molecule has 2 aliphatic rings. The third-order valence-corrected chi connectivity index (χ3v) is 3.87. The summed E-state index contributed by atoms with van der Waals surface area (Å²) in [6.07, 6.45) is 7.84.